The van der Waals surface area contributed by atoms with Gasteiger partial charge >= 0.3 is 6.55 Å². The van der Waals surface area contributed by atoms with Crippen molar-refractivity contribution in [1.29, 1.82) is 5.26 Å². The van der Waals surface area contributed by atoms with Crippen LogP contribution in [0.25, 0.3) is 11.1 Å². The summed E-state index contributed by atoms with van der Waals surface area (Å²) in [5.41, 5.74) is 4.38. The zero-order chi connectivity index (χ0) is 17.4. The number of pyridine rings is 1. The molecule has 8 heteroatoms. The third kappa shape index (κ3) is 2.66. The molecule has 1 saturated heterocycles. The fraction of sp³-hybridized carbons (Fsp3) is 0.353. The SMILES string of the molecule is N#CC1=C(c2cnn(C(F)F)c2)Cc2nccc(N3CCNCC3)c21. The van der Waals surface area contributed by atoms with Crippen LogP contribution in [-0.2, 0) is 6.42 Å². The van der Waals surface area contributed by atoms with Crippen molar-refractivity contribution in [1.82, 2.24) is 20.1 Å². The standard InChI is InChI=1S/C17H16F2N6/c18-17(19)25-10-11(9-23-25)12-7-14-16(13(12)8-20)15(1-2-22-14)24-5-3-21-4-6-24/h1-2,9-10,17,21H,3-7H2. The van der Waals surface area contributed by atoms with Crippen LogP contribution in [0.1, 0.15) is 23.4 Å². The molecule has 128 valence electrons. The van der Waals surface area contributed by atoms with E-state index in [-0.39, 0.29) is 0 Å². The molecule has 0 aromatic carbocycles. The fourth-order valence-electron chi connectivity index (χ4n) is 3.45. The minimum atomic E-state index is -2.70. The highest BCUT2D eigenvalue weighted by Crippen LogP contribution is 2.42. The van der Waals surface area contributed by atoms with Gasteiger partial charge in [-0.1, -0.05) is 0 Å². The van der Waals surface area contributed by atoms with E-state index in [2.05, 4.69) is 26.4 Å². The average Bonchev–Trinajstić information content (AvgIpc) is 3.26. The zero-order valence-electron chi connectivity index (χ0n) is 13.4. The first kappa shape index (κ1) is 15.7. The van der Waals surface area contributed by atoms with Crippen LogP contribution in [-0.4, -0.2) is 40.9 Å². The Bertz CT molecular complexity index is 874. The summed E-state index contributed by atoms with van der Waals surface area (Å²) in [5, 5.41) is 16.7. The van der Waals surface area contributed by atoms with Crippen molar-refractivity contribution in [2.45, 2.75) is 13.0 Å². The highest BCUT2D eigenvalue weighted by molar-refractivity contribution is 6.05. The Balaban J connectivity index is 1.79. The van der Waals surface area contributed by atoms with E-state index in [1.165, 1.54) is 12.4 Å². The first-order chi connectivity index (χ1) is 12.2. The van der Waals surface area contributed by atoms with Gasteiger partial charge in [0.05, 0.1) is 17.5 Å². The van der Waals surface area contributed by atoms with Crippen molar-refractivity contribution in [2.75, 3.05) is 31.1 Å². The summed E-state index contributed by atoms with van der Waals surface area (Å²) in [6.07, 6.45) is 4.87. The Morgan fingerprint density at radius 2 is 2.08 bits per heavy atom. The van der Waals surface area contributed by atoms with Gasteiger partial charge in [-0.2, -0.15) is 19.1 Å². The first-order valence-corrected chi connectivity index (χ1v) is 8.09. The minimum Gasteiger partial charge on any atom is -0.368 e. The van der Waals surface area contributed by atoms with Crippen LogP contribution in [0.5, 0.6) is 0 Å². The largest absolute Gasteiger partial charge is 0.368 e. The molecular weight excluding hydrogens is 326 g/mol. The number of piperazine rings is 1. The molecule has 6 nitrogen and oxygen atoms in total. The quantitative estimate of drug-likeness (QED) is 0.925. The highest BCUT2D eigenvalue weighted by Gasteiger charge is 2.29. The van der Waals surface area contributed by atoms with Gasteiger partial charge in [0, 0.05) is 61.8 Å². The van der Waals surface area contributed by atoms with Gasteiger partial charge in [-0.25, -0.2) is 4.68 Å². The third-order valence-electron chi connectivity index (χ3n) is 4.62. The number of hydrogen-bond donors (Lipinski definition) is 1. The monoisotopic (exact) mass is 342 g/mol. The molecule has 0 bridgehead atoms. The van der Waals surface area contributed by atoms with Crippen LogP contribution in [0.4, 0.5) is 14.5 Å². The number of fused-ring (bicyclic) bond motifs is 1. The molecule has 1 N–H and O–H groups in total. The van der Waals surface area contributed by atoms with E-state index >= 15 is 0 Å². The number of alkyl halides is 2. The smallest absolute Gasteiger partial charge is 0.333 e. The molecule has 0 saturated carbocycles. The molecule has 25 heavy (non-hydrogen) atoms. The van der Waals surface area contributed by atoms with Gasteiger partial charge in [0.15, 0.2) is 0 Å². The van der Waals surface area contributed by atoms with E-state index in [0.29, 0.717) is 27.8 Å². The Morgan fingerprint density at radius 1 is 1.28 bits per heavy atom. The molecule has 0 atom stereocenters. The molecule has 0 amide bonds. The van der Waals surface area contributed by atoms with Crippen LogP contribution in [0.15, 0.2) is 24.7 Å². The van der Waals surface area contributed by atoms with Crippen LogP contribution in [0.3, 0.4) is 0 Å². The van der Waals surface area contributed by atoms with Crippen molar-refractivity contribution in [3.8, 4) is 6.07 Å². The number of aromatic nitrogens is 3. The number of allylic oxidation sites excluding steroid dienone is 2. The Labute approximate surface area is 143 Å². The maximum absolute atomic E-state index is 12.8. The number of anilines is 1. The number of hydrogen-bond acceptors (Lipinski definition) is 5. The number of nitrogens with one attached hydrogen (secondary N) is 1. The topological polar surface area (TPSA) is 69.8 Å². The van der Waals surface area contributed by atoms with E-state index in [9.17, 15) is 14.0 Å². The van der Waals surface area contributed by atoms with Crippen molar-refractivity contribution in [3.05, 3.63) is 41.5 Å². The van der Waals surface area contributed by atoms with E-state index in [1.807, 2.05) is 6.07 Å². The summed E-state index contributed by atoms with van der Waals surface area (Å²) in [6.45, 7) is 0.785. The van der Waals surface area contributed by atoms with Crippen molar-refractivity contribution >= 4 is 16.8 Å². The molecule has 1 fully saturated rings. The second kappa shape index (κ2) is 6.26. The summed E-state index contributed by atoms with van der Waals surface area (Å²) < 4.78 is 26.2. The molecule has 0 unspecified atom stereocenters. The van der Waals surface area contributed by atoms with Gasteiger partial charge in [0.1, 0.15) is 6.07 Å². The van der Waals surface area contributed by atoms with E-state index in [0.717, 1.165) is 43.1 Å². The molecule has 3 heterocycles. The molecule has 1 aliphatic heterocycles. The summed E-state index contributed by atoms with van der Waals surface area (Å²) in [4.78, 5) is 6.66. The second-order valence-electron chi connectivity index (χ2n) is 6.02. The van der Waals surface area contributed by atoms with Crippen molar-refractivity contribution < 1.29 is 8.78 Å². The van der Waals surface area contributed by atoms with Gasteiger partial charge in [0.2, 0.25) is 0 Å². The lowest BCUT2D eigenvalue weighted by molar-refractivity contribution is 0.0566. The van der Waals surface area contributed by atoms with Crippen molar-refractivity contribution in [2.24, 2.45) is 0 Å². The van der Waals surface area contributed by atoms with Gasteiger partial charge < -0.3 is 10.2 Å². The average molecular weight is 342 g/mol. The van der Waals surface area contributed by atoms with Crippen LogP contribution < -0.4 is 10.2 Å². The summed E-state index contributed by atoms with van der Waals surface area (Å²) >= 11 is 0. The van der Waals surface area contributed by atoms with E-state index < -0.39 is 6.55 Å². The lowest BCUT2D eigenvalue weighted by Gasteiger charge is -2.31. The molecule has 0 spiro atoms. The summed E-state index contributed by atoms with van der Waals surface area (Å²) in [7, 11) is 0. The van der Waals surface area contributed by atoms with Crippen LogP contribution >= 0.6 is 0 Å². The third-order valence-corrected chi connectivity index (χ3v) is 4.62. The van der Waals surface area contributed by atoms with Gasteiger partial charge in [-0.05, 0) is 11.6 Å². The summed E-state index contributed by atoms with van der Waals surface area (Å²) in [5.74, 6) is 0. The number of nitriles is 1. The normalized spacial score (nSPS) is 17.1. The lowest BCUT2D eigenvalue weighted by atomic mass is 10.0. The molecule has 2 aromatic heterocycles. The molecule has 2 aliphatic rings. The molecule has 1 aliphatic carbocycles. The minimum absolute atomic E-state index is 0.451. The van der Waals surface area contributed by atoms with E-state index in [1.54, 1.807) is 6.20 Å². The molecular formula is C17H16F2N6. The zero-order valence-corrected chi connectivity index (χ0v) is 13.4. The molecule has 2 aromatic rings. The second-order valence-corrected chi connectivity index (χ2v) is 6.02. The Hall–Kier alpha value is -2.79. The van der Waals surface area contributed by atoms with Gasteiger partial charge in [-0.15, -0.1) is 0 Å². The number of rotatable bonds is 3. The highest BCUT2D eigenvalue weighted by atomic mass is 19.3. The fourth-order valence-corrected chi connectivity index (χ4v) is 3.45. The Kier molecular flexibility index (Phi) is 3.93. The molecule has 4 rings (SSSR count). The lowest BCUT2D eigenvalue weighted by Crippen LogP contribution is -2.43. The van der Waals surface area contributed by atoms with Crippen LogP contribution in [0, 0.1) is 11.3 Å². The van der Waals surface area contributed by atoms with Gasteiger partial charge in [-0.3, -0.25) is 4.98 Å². The maximum Gasteiger partial charge on any atom is 0.333 e. The van der Waals surface area contributed by atoms with Crippen molar-refractivity contribution in [3.63, 3.8) is 0 Å². The van der Waals surface area contributed by atoms with Gasteiger partial charge in [0.25, 0.3) is 0 Å². The first-order valence-electron chi connectivity index (χ1n) is 8.09. The predicted molar refractivity (Wildman–Crippen MR) is 88.9 cm³/mol. The Morgan fingerprint density at radius 3 is 2.76 bits per heavy atom. The molecule has 0 radical (unpaired) electrons. The van der Waals surface area contributed by atoms with E-state index in [4.69, 9.17) is 0 Å². The maximum atomic E-state index is 12.8. The number of halogens is 2. The summed E-state index contributed by atoms with van der Waals surface area (Å²) in [6, 6.07) is 4.18. The van der Waals surface area contributed by atoms with Crippen LogP contribution in [0.2, 0.25) is 0 Å². The number of nitrogens with zero attached hydrogens (tertiary/aromatic N) is 5. The predicted octanol–water partition coefficient (Wildman–Crippen LogP) is 2.07.